The van der Waals surface area contributed by atoms with Gasteiger partial charge in [-0.1, -0.05) is 0 Å². The number of hydrogen-bond acceptors (Lipinski definition) is 11. The summed E-state index contributed by atoms with van der Waals surface area (Å²) in [7, 11) is 0. The number of imide groups is 2. The Hall–Kier alpha value is -6.28. The third kappa shape index (κ3) is 13.4. The smallest absolute Gasteiger partial charge is 0.475 e. The van der Waals surface area contributed by atoms with Gasteiger partial charge in [0, 0.05) is 35.3 Å². The number of anilines is 3. The summed E-state index contributed by atoms with van der Waals surface area (Å²) in [6, 6.07) is 15.2. The fraction of sp³-hybridized carbons (Fsp3) is 0.282. The maximum Gasteiger partial charge on any atom is 0.490 e. The molecule has 0 aliphatic carbocycles. The Morgan fingerprint density at radius 1 is 0.636 bits per heavy atom. The van der Waals surface area contributed by atoms with Crippen molar-refractivity contribution in [1.29, 1.82) is 0 Å². The average Bonchev–Trinajstić information content (AvgIpc) is 3.46. The monoisotopic (exact) mass is 998 g/mol. The Labute approximate surface area is 383 Å². The number of pyridine rings is 2. The molecule has 2 aliphatic rings. The number of thioether (sulfide) groups is 2. The van der Waals surface area contributed by atoms with Crippen LogP contribution in [0.1, 0.15) is 49.3 Å². The average molecular weight is 999 g/mol. The van der Waals surface area contributed by atoms with E-state index in [4.69, 9.17) is 21.4 Å². The molecule has 15 nitrogen and oxygen atoms in total. The molecule has 4 aromatic rings. The Kier molecular flexibility index (Phi) is 16.8. The van der Waals surface area contributed by atoms with Crippen LogP contribution in [-0.4, -0.2) is 88.9 Å². The zero-order valence-corrected chi connectivity index (χ0v) is 36.8. The highest BCUT2D eigenvalue weighted by molar-refractivity contribution is 8.00. The van der Waals surface area contributed by atoms with Crippen molar-refractivity contribution in [2.45, 2.75) is 78.8 Å². The molecule has 0 unspecified atom stereocenters. The zero-order valence-electron chi connectivity index (χ0n) is 34.4. The quantitative estimate of drug-likeness (QED) is 0.0817. The van der Waals surface area contributed by atoms with Crippen molar-refractivity contribution in [3.63, 3.8) is 0 Å². The number of hydrogen-bond donors (Lipinski definition) is 3. The van der Waals surface area contributed by atoms with E-state index in [0.717, 1.165) is 9.80 Å². The molecule has 4 heterocycles. The van der Waals surface area contributed by atoms with Crippen LogP contribution in [0.4, 0.5) is 66.3 Å². The van der Waals surface area contributed by atoms with Gasteiger partial charge in [0.1, 0.15) is 22.6 Å². The van der Waals surface area contributed by atoms with Crippen LogP contribution in [0.25, 0.3) is 0 Å². The highest BCUT2D eigenvalue weighted by atomic mass is 35.5. The van der Waals surface area contributed by atoms with Crippen molar-refractivity contribution in [3.05, 3.63) is 102 Å². The number of aliphatic carboxylic acids is 1. The van der Waals surface area contributed by atoms with Gasteiger partial charge in [-0.15, -0.1) is 12.4 Å². The van der Waals surface area contributed by atoms with Crippen molar-refractivity contribution in [3.8, 4) is 0 Å². The van der Waals surface area contributed by atoms with Crippen molar-refractivity contribution in [1.82, 2.24) is 19.8 Å². The molecule has 5 N–H and O–H groups in total. The van der Waals surface area contributed by atoms with Gasteiger partial charge in [0.05, 0.1) is 11.4 Å². The SMILES string of the molecule is CC1(C)C(=O)N(c2ccc(SC(F)(F)F)cc2)C(=O)N1Cc1ccnc(C(N)=O)c1.CC1(C)C(=O)N(c2ccc(SC(F)(F)F)cc2)C(=O)N1Cc1ccnc(N)c1.Cl.O=C(O)C(F)(F)F. The number of primary amides is 1. The largest absolute Gasteiger partial charge is 0.490 e. The van der Waals surface area contributed by atoms with E-state index in [1.165, 1.54) is 76.8 Å². The van der Waals surface area contributed by atoms with Crippen molar-refractivity contribution < 1.29 is 73.4 Å². The lowest BCUT2D eigenvalue weighted by Gasteiger charge is -2.27. The minimum absolute atomic E-state index is 0. The first-order valence-corrected chi connectivity index (χ1v) is 19.8. The number of urea groups is 2. The lowest BCUT2D eigenvalue weighted by atomic mass is 10.0. The summed E-state index contributed by atoms with van der Waals surface area (Å²) < 4.78 is 107. The van der Waals surface area contributed by atoms with Gasteiger partial charge in [0.15, 0.2) is 0 Å². The minimum atomic E-state index is -5.08. The highest BCUT2D eigenvalue weighted by Gasteiger charge is 2.53. The third-order valence-electron chi connectivity index (χ3n) is 9.15. The molecule has 2 saturated heterocycles. The van der Waals surface area contributed by atoms with E-state index >= 15 is 0 Å². The van der Waals surface area contributed by atoms with Crippen LogP contribution in [0.15, 0.2) is 95.0 Å². The molecular formula is C39H36ClF9N8O7S2. The first-order chi connectivity index (χ1) is 29.8. The van der Waals surface area contributed by atoms with Gasteiger partial charge < -0.3 is 26.4 Å². The molecule has 0 saturated carbocycles. The Morgan fingerprint density at radius 2 is 0.985 bits per heavy atom. The van der Waals surface area contributed by atoms with Crippen molar-refractivity contribution in [2.75, 3.05) is 15.5 Å². The summed E-state index contributed by atoms with van der Waals surface area (Å²) in [6.45, 7) is 6.52. The number of nitrogen functional groups attached to an aromatic ring is 1. The summed E-state index contributed by atoms with van der Waals surface area (Å²) in [4.78, 5) is 84.2. The summed E-state index contributed by atoms with van der Waals surface area (Å²) in [5, 5.41) is 7.12. The molecule has 27 heteroatoms. The van der Waals surface area contributed by atoms with E-state index in [9.17, 15) is 63.5 Å². The van der Waals surface area contributed by atoms with Crippen molar-refractivity contribution in [2.24, 2.45) is 5.73 Å². The number of aromatic nitrogens is 2. The Balaban J connectivity index is 0.000000303. The molecule has 2 fully saturated rings. The van der Waals surface area contributed by atoms with Gasteiger partial charge in [0.2, 0.25) is 0 Å². The highest BCUT2D eigenvalue weighted by Crippen LogP contribution is 2.40. The number of benzene rings is 2. The van der Waals surface area contributed by atoms with E-state index in [-0.39, 0.29) is 75.9 Å². The third-order valence-corrected chi connectivity index (χ3v) is 10.6. The van der Waals surface area contributed by atoms with E-state index in [1.54, 1.807) is 45.9 Å². The molecule has 2 aliphatic heterocycles. The fourth-order valence-corrected chi connectivity index (χ4v) is 7.00. The van der Waals surface area contributed by atoms with Crippen LogP contribution >= 0.6 is 35.9 Å². The number of carboxylic acids is 1. The maximum atomic E-state index is 13.0. The van der Waals surface area contributed by atoms with Crippen LogP contribution in [0.2, 0.25) is 0 Å². The number of halogens is 10. The van der Waals surface area contributed by atoms with E-state index in [2.05, 4.69) is 9.97 Å². The number of nitrogens with zero attached hydrogens (tertiary/aromatic N) is 6. The molecule has 0 spiro atoms. The molecule has 0 bridgehead atoms. The topological polar surface area (TPSA) is 213 Å². The predicted molar refractivity (Wildman–Crippen MR) is 224 cm³/mol. The number of rotatable bonds is 9. The lowest BCUT2D eigenvalue weighted by Crippen LogP contribution is -2.43. The van der Waals surface area contributed by atoms with Crippen LogP contribution in [0, 0.1) is 0 Å². The number of alkyl halides is 9. The van der Waals surface area contributed by atoms with Gasteiger partial charge in [-0.25, -0.2) is 29.2 Å². The molecule has 2 aromatic carbocycles. The number of amides is 7. The van der Waals surface area contributed by atoms with Gasteiger partial charge in [-0.05, 0) is 135 Å². The predicted octanol–water partition coefficient (Wildman–Crippen LogP) is 8.62. The summed E-state index contributed by atoms with van der Waals surface area (Å²) in [5.74, 6) is -4.17. The number of carboxylic acid groups (broad SMARTS) is 1. The molecule has 356 valence electrons. The number of nitrogens with two attached hydrogens (primary N) is 2. The fourth-order valence-electron chi connectivity index (χ4n) is 5.92. The first-order valence-electron chi connectivity index (χ1n) is 18.1. The van der Waals surface area contributed by atoms with Crippen molar-refractivity contribution >= 4 is 88.9 Å². The molecule has 0 atom stereocenters. The first kappa shape index (κ1) is 54.1. The standard InChI is InChI=1S/C19H17F3N4O3S.C18H17F3N4O2S.C2HF3O2.ClH/c1-18(2)16(28)26(12-3-5-13(6-4-12)30-19(20,21)22)17(29)25(18)10-11-7-8-24-14(9-11)15(23)27;1-17(2)15(26)25(12-3-5-13(6-4-12)28-18(19,20)21)16(27)24(17)10-11-7-8-23-14(22)9-11;3-2(4,5)1(6)7;/h3-9H,10H2,1-2H3,(H2,23,27);3-9H,10H2,1-2H3,(H2,22,23);(H,6,7);1H. The van der Waals surface area contributed by atoms with E-state index < -0.39 is 64.0 Å². The van der Waals surface area contributed by atoms with Gasteiger partial charge in [-0.2, -0.15) is 39.5 Å². The normalized spacial score (nSPS) is 15.7. The second kappa shape index (κ2) is 20.5. The lowest BCUT2D eigenvalue weighted by molar-refractivity contribution is -0.192. The van der Waals surface area contributed by atoms with Crippen LogP contribution < -0.4 is 21.3 Å². The van der Waals surface area contributed by atoms with Crippen LogP contribution in [-0.2, 0) is 27.5 Å². The Morgan fingerprint density at radius 3 is 1.30 bits per heavy atom. The maximum absolute atomic E-state index is 13.0. The molecule has 0 radical (unpaired) electrons. The second-order valence-electron chi connectivity index (χ2n) is 14.5. The molecule has 66 heavy (non-hydrogen) atoms. The summed E-state index contributed by atoms with van der Waals surface area (Å²) in [6.07, 6.45) is -2.20. The minimum Gasteiger partial charge on any atom is -0.475 e. The van der Waals surface area contributed by atoms with E-state index in [1.807, 2.05) is 0 Å². The molecule has 2 aromatic heterocycles. The number of carbonyl (C=O) groups excluding carboxylic acids is 5. The Bertz CT molecular complexity index is 2460. The zero-order chi connectivity index (χ0) is 49.0. The molecular weight excluding hydrogens is 963 g/mol. The van der Waals surface area contributed by atoms with Gasteiger partial charge in [0.25, 0.3) is 17.7 Å². The second-order valence-corrected chi connectivity index (χ2v) is 16.8. The summed E-state index contributed by atoms with van der Waals surface area (Å²) >= 11 is -0.543. The van der Waals surface area contributed by atoms with Crippen LogP contribution in [0.5, 0.6) is 0 Å². The summed E-state index contributed by atoms with van der Waals surface area (Å²) in [5.41, 5.74) is 1.36. The van der Waals surface area contributed by atoms with Gasteiger partial charge >= 0.3 is 35.2 Å². The van der Waals surface area contributed by atoms with E-state index in [0.29, 0.717) is 16.9 Å². The molecule has 6 rings (SSSR count). The van der Waals surface area contributed by atoms with Gasteiger partial charge in [-0.3, -0.25) is 19.4 Å². The number of carbonyl (C=O) groups is 6. The van der Waals surface area contributed by atoms with Crippen LogP contribution in [0.3, 0.4) is 0 Å². The molecule has 7 amide bonds.